The van der Waals surface area contributed by atoms with Gasteiger partial charge in [-0.1, -0.05) is 17.6 Å². The standard InChI is InChI=1S/C8H10BNO2S/c1-2-13(11,12)10-8-5-3-7(9)4-6-8/h3-6,10H,2H2,1H3. The Morgan fingerprint density at radius 2 is 1.85 bits per heavy atom. The molecule has 5 heteroatoms. The van der Waals surface area contributed by atoms with E-state index in [1.165, 1.54) is 0 Å². The minimum absolute atomic E-state index is 0.0668. The van der Waals surface area contributed by atoms with Crippen LogP contribution in [0, 0.1) is 0 Å². The van der Waals surface area contributed by atoms with E-state index in [1.807, 2.05) is 0 Å². The molecule has 0 aliphatic carbocycles. The maximum Gasteiger partial charge on any atom is 0.232 e. The summed E-state index contributed by atoms with van der Waals surface area (Å²) in [7, 11) is 2.27. The lowest BCUT2D eigenvalue weighted by Gasteiger charge is -2.05. The van der Waals surface area contributed by atoms with Crippen LogP contribution in [0.2, 0.25) is 0 Å². The molecule has 13 heavy (non-hydrogen) atoms. The molecule has 0 saturated heterocycles. The molecule has 0 aliphatic heterocycles. The average Bonchev–Trinajstić information content (AvgIpc) is 2.09. The van der Waals surface area contributed by atoms with Gasteiger partial charge in [-0.15, -0.1) is 0 Å². The average molecular weight is 195 g/mol. The second-order valence-corrected chi connectivity index (χ2v) is 4.64. The van der Waals surface area contributed by atoms with Crippen LogP contribution in [0.1, 0.15) is 6.92 Å². The molecule has 1 aromatic carbocycles. The van der Waals surface area contributed by atoms with E-state index in [-0.39, 0.29) is 5.75 Å². The maximum atomic E-state index is 11.1. The highest BCUT2D eigenvalue weighted by atomic mass is 32.2. The second kappa shape index (κ2) is 3.83. The zero-order chi connectivity index (χ0) is 9.90. The smallest absolute Gasteiger partial charge is 0.232 e. The fourth-order valence-electron chi connectivity index (χ4n) is 0.803. The summed E-state index contributed by atoms with van der Waals surface area (Å²) in [5, 5.41) is 0. The van der Waals surface area contributed by atoms with Crippen LogP contribution in [0.15, 0.2) is 24.3 Å². The quantitative estimate of drug-likeness (QED) is 0.702. The first-order chi connectivity index (χ1) is 6.03. The van der Waals surface area contributed by atoms with Crippen LogP contribution >= 0.6 is 0 Å². The van der Waals surface area contributed by atoms with Gasteiger partial charge in [0.15, 0.2) is 0 Å². The summed E-state index contributed by atoms with van der Waals surface area (Å²) >= 11 is 0. The van der Waals surface area contributed by atoms with Crippen molar-refractivity contribution in [3.8, 4) is 0 Å². The predicted molar refractivity (Wildman–Crippen MR) is 54.9 cm³/mol. The van der Waals surface area contributed by atoms with Gasteiger partial charge in [-0.3, -0.25) is 4.72 Å². The number of sulfonamides is 1. The van der Waals surface area contributed by atoms with Crippen molar-refractivity contribution in [2.24, 2.45) is 0 Å². The first-order valence-corrected chi connectivity index (χ1v) is 5.55. The Kier molecular flexibility index (Phi) is 2.98. The molecule has 0 atom stereocenters. The molecule has 1 rings (SSSR count). The number of hydrogen-bond donors (Lipinski definition) is 1. The first-order valence-electron chi connectivity index (χ1n) is 3.89. The number of anilines is 1. The van der Waals surface area contributed by atoms with E-state index in [0.29, 0.717) is 11.2 Å². The summed E-state index contributed by atoms with van der Waals surface area (Å²) in [6.45, 7) is 1.58. The molecule has 0 bridgehead atoms. The van der Waals surface area contributed by atoms with E-state index >= 15 is 0 Å². The molecule has 0 aromatic heterocycles. The van der Waals surface area contributed by atoms with Gasteiger partial charge in [-0.2, -0.15) is 0 Å². The Balaban J connectivity index is 2.82. The number of rotatable bonds is 3. The molecular formula is C8H10BNO2S. The molecule has 1 aromatic rings. The van der Waals surface area contributed by atoms with Crippen molar-refractivity contribution in [1.29, 1.82) is 0 Å². The third kappa shape index (κ3) is 3.10. The van der Waals surface area contributed by atoms with Crippen LogP contribution in [0.5, 0.6) is 0 Å². The van der Waals surface area contributed by atoms with Gasteiger partial charge >= 0.3 is 0 Å². The summed E-state index contributed by atoms with van der Waals surface area (Å²) in [5.41, 5.74) is 1.15. The lowest BCUT2D eigenvalue weighted by atomic mass is 9.96. The van der Waals surface area contributed by atoms with E-state index < -0.39 is 10.0 Å². The highest BCUT2D eigenvalue weighted by molar-refractivity contribution is 7.92. The molecule has 0 heterocycles. The molecule has 0 spiro atoms. The highest BCUT2D eigenvalue weighted by Gasteiger charge is 2.05. The number of hydrogen-bond acceptors (Lipinski definition) is 2. The molecule has 2 radical (unpaired) electrons. The van der Waals surface area contributed by atoms with Crippen molar-refractivity contribution in [2.75, 3.05) is 10.5 Å². The van der Waals surface area contributed by atoms with Crippen LogP contribution in [0.4, 0.5) is 5.69 Å². The lowest BCUT2D eigenvalue weighted by molar-refractivity contribution is 0.602. The van der Waals surface area contributed by atoms with E-state index in [4.69, 9.17) is 7.85 Å². The molecule has 0 unspecified atom stereocenters. The Morgan fingerprint density at radius 3 is 2.31 bits per heavy atom. The minimum atomic E-state index is -3.18. The summed E-state index contributed by atoms with van der Waals surface area (Å²) in [4.78, 5) is 0. The first kappa shape index (κ1) is 10.1. The Bertz CT molecular complexity index is 372. The van der Waals surface area contributed by atoms with Gasteiger partial charge in [-0.05, 0) is 19.1 Å². The highest BCUT2D eigenvalue weighted by Crippen LogP contribution is 2.06. The predicted octanol–water partition coefficient (Wildman–Crippen LogP) is 0.242. The van der Waals surface area contributed by atoms with Crippen LogP contribution in [0.3, 0.4) is 0 Å². The number of benzene rings is 1. The second-order valence-electron chi connectivity index (χ2n) is 2.63. The summed E-state index contributed by atoms with van der Waals surface area (Å²) in [6, 6.07) is 6.55. The lowest BCUT2D eigenvalue weighted by Crippen LogP contribution is -2.15. The number of nitrogens with one attached hydrogen (secondary N) is 1. The van der Waals surface area contributed by atoms with Gasteiger partial charge in [0, 0.05) is 5.69 Å². The van der Waals surface area contributed by atoms with Crippen molar-refractivity contribution in [2.45, 2.75) is 6.92 Å². The van der Waals surface area contributed by atoms with Gasteiger partial charge in [0.05, 0.1) is 5.75 Å². The molecule has 3 nitrogen and oxygen atoms in total. The zero-order valence-corrected chi connectivity index (χ0v) is 8.14. The van der Waals surface area contributed by atoms with Gasteiger partial charge in [0.2, 0.25) is 10.0 Å². The Morgan fingerprint density at radius 1 is 1.31 bits per heavy atom. The fraction of sp³-hybridized carbons (Fsp3) is 0.250. The molecule has 0 saturated carbocycles. The van der Waals surface area contributed by atoms with Crippen LogP contribution in [-0.4, -0.2) is 22.0 Å². The van der Waals surface area contributed by atoms with Gasteiger partial charge in [0.25, 0.3) is 0 Å². The zero-order valence-electron chi connectivity index (χ0n) is 7.32. The van der Waals surface area contributed by atoms with E-state index in [9.17, 15) is 8.42 Å². The molecule has 0 aliphatic rings. The van der Waals surface area contributed by atoms with Crippen LogP contribution in [0.25, 0.3) is 0 Å². The van der Waals surface area contributed by atoms with Crippen LogP contribution < -0.4 is 10.2 Å². The Hall–Kier alpha value is -0.965. The summed E-state index contributed by atoms with van der Waals surface area (Å²) in [6.07, 6.45) is 0. The third-order valence-corrected chi connectivity index (χ3v) is 2.87. The molecule has 0 fully saturated rings. The monoisotopic (exact) mass is 195 g/mol. The summed E-state index contributed by atoms with van der Waals surface area (Å²) in [5.74, 6) is 0.0668. The maximum absolute atomic E-state index is 11.1. The normalized spacial score (nSPS) is 11.2. The van der Waals surface area contributed by atoms with Crippen LogP contribution in [-0.2, 0) is 10.0 Å². The minimum Gasteiger partial charge on any atom is -0.284 e. The summed E-state index contributed by atoms with van der Waals surface area (Å²) < 4.78 is 24.6. The van der Waals surface area contributed by atoms with E-state index in [2.05, 4.69) is 4.72 Å². The molecule has 0 amide bonds. The largest absolute Gasteiger partial charge is 0.284 e. The van der Waals surface area contributed by atoms with Crippen molar-refractivity contribution in [3.05, 3.63) is 24.3 Å². The third-order valence-electron chi connectivity index (χ3n) is 1.56. The Labute approximate surface area is 79.6 Å². The van der Waals surface area contributed by atoms with Gasteiger partial charge in [-0.25, -0.2) is 8.42 Å². The van der Waals surface area contributed by atoms with Crippen molar-refractivity contribution >= 4 is 29.0 Å². The van der Waals surface area contributed by atoms with E-state index in [0.717, 1.165) is 0 Å². The fourth-order valence-corrected chi connectivity index (χ4v) is 1.44. The van der Waals surface area contributed by atoms with E-state index in [1.54, 1.807) is 31.2 Å². The van der Waals surface area contributed by atoms with Gasteiger partial charge in [0.1, 0.15) is 7.85 Å². The topological polar surface area (TPSA) is 46.2 Å². The SMILES string of the molecule is [B]c1ccc(NS(=O)(=O)CC)cc1. The molecule has 1 N–H and O–H groups in total. The van der Waals surface area contributed by atoms with Crippen molar-refractivity contribution in [3.63, 3.8) is 0 Å². The van der Waals surface area contributed by atoms with Crippen molar-refractivity contribution in [1.82, 2.24) is 0 Å². The molecular weight excluding hydrogens is 185 g/mol. The van der Waals surface area contributed by atoms with Gasteiger partial charge < -0.3 is 0 Å². The van der Waals surface area contributed by atoms with Crippen molar-refractivity contribution < 1.29 is 8.42 Å². The molecule has 68 valence electrons.